The summed E-state index contributed by atoms with van der Waals surface area (Å²) in [6.07, 6.45) is 1.80. The molecule has 1 atom stereocenters. The number of aromatic nitrogens is 2. The molecule has 0 spiro atoms. The summed E-state index contributed by atoms with van der Waals surface area (Å²) in [6, 6.07) is 5.62. The van der Waals surface area contributed by atoms with E-state index in [9.17, 15) is 4.79 Å². The quantitative estimate of drug-likeness (QED) is 0.731. The van der Waals surface area contributed by atoms with Crippen molar-refractivity contribution in [3.8, 4) is 0 Å². The van der Waals surface area contributed by atoms with Crippen molar-refractivity contribution in [2.75, 3.05) is 0 Å². The molecular weight excluding hydrogens is 433 g/mol. The standard InChI is InChI=1S/C14H15BrIN3O/c1-8(12-7-17-19(3)9(12)2)18-14(20)11-6-10(16)4-5-13(11)15/h4-8H,1-3H3,(H,18,20). The molecule has 106 valence electrons. The van der Waals surface area contributed by atoms with E-state index in [0.717, 1.165) is 19.3 Å². The highest BCUT2D eigenvalue weighted by Crippen LogP contribution is 2.21. The molecule has 6 heteroatoms. The van der Waals surface area contributed by atoms with Crippen LogP contribution in [0.4, 0.5) is 0 Å². The van der Waals surface area contributed by atoms with Gasteiger partial charge in [-0.25, -0.2) is 0 Å². The number of benzene rings is 1. The number of halogens is 2. The van der Waals surface area contributed by atoms with E-state index in [1.807, 2.05) is 39.1 Å². The lowest BCUT2D eigenvalue weighted by atomic mass is 10.1. The van der Waals surface area contributed by atoms with Crippen molar-refractivity contribution in [1.29, 1.82) is 0 Å². The first-order valence-corrected chi connectivity index (χ1v) is 8.01. The van der Waals surface area contributed by atoms with E-state index in [1.54, 1.807) is 10.9 Å². The zero-order valence-electron chi connectivity index (χ0n) is 11.4. The predicted molar refractivity (Wildman–Crippen MR) is 90.7 cm³/mol. The van der Waals surface area contributed by atoms with Gasteiger partial charge in [0.2, 0.25) is 0 Å². The second-order valence-corrected chi connectivity index (χ2v) is 6.73. The smallest absolute Gasteiger partial charge is 0.252 e. The molecule has 4 nitrogen and oxygen atoms in total. The minimum Gasteiger partial charge on any atom is -0.345 e. The molecule has 0 saturated heterocycles. The van der Waals surface area contributed by atoms with Gasteiger partial charge in [-0.1, -0.05) is 0 Å². The zero-order chi connectivity index (χ0) is 14.9. The maximum atomic E-state index is 12.3. The molecule has 1 heterocycles. The van der Waals surface area contributed by atoms with Crippen LogP contribution < -0.4 is 5.32 Å². The zero-order valence-corrected chi connectivity index (χ0v) is 15.2. The van der Waals surface area contributed by atoms with Crippen LogP contribution in [0.3, 0.4) is 0 Å². The van der Waals surface area contributed by atoms with Crippen LogP contribution >= 0.6 is 38.5 Å². The molecule has 20 heavy (non-hydrogen) atoms. The van der Waals surface area contributed by atoms with Crippen LogP contribution in [0.25, 0.3) is 0 Å². The Bertz CT molecular complexity index is 654. The lowest BCUT2D eigenvalue weighted by molar-refractivity contribution is 0.0939. The van der Waals surface area contributed by atoms with Crippen molar-refractivity contribution >= 4 is 44.4 Å². The Labute approximate surface area is 140 Å². The van der Waals surface area contributed by atoms with Crippen molar-refractivity contribution in [3.63, 3.8) is 0 Å². The number of nitrogens with one attached hydrogen (secondary N) is 1. The van der Waals surface area contributed by atoms with Crippen molar-refractivity contribution in [3.05, 3.63) is 49.3 Å². The summed E-state index contributed by atoms with van der Waals surface area (Å²) in [4.78, 5) is 12.3. The summed E-state index contributed by atoms with van der Waals surface area (Å²) in [6.45, 7) is 3.95. The third-order valence-electron chi connectivity index (χ3n) is 3.26. The fourth-order valence-electron chi connectivity index (χ4n) is 1.96. The van der Waals surface area contributed by atoms with Gasteiger partial charge in [0.25, 0.3) is 5.91 Å². The SMILES string of the molecule is Cc1c(C(C)NC(=O)c2cc(I)ccc2Br)cnn1C. The first kappa shape index (κ1) is 15.5. The second kappa shape index (κ2) is 6.26. The highest BCUT2D eigenvalue weighted by molar-refractivity contribution is 14.1. The third kappa shape index (κ3) is 3.22. The monoisotopic (exact) mass is 447 g/mol. The van der Waals surface area contributed by atoms with Crippen molar-refractivity contribution in [1.82, 2.24) is 15.1 Å². The molecule has 0 saturated carbocycles. The van der Waals surface area contributed by atoms with E-state index in [-0.39, 0.29) is 11.9 Å². The van der Waals surface area contributed by atoms with Crippen LogP contribution in [0.15, 0.2) is 28.9 Å². The molecule has 0 aliphatic carbocycles. The van der Waals surface area contributed by atoms with Crippen LogP contribution in [0.2, 0.25) is 0 Å². The van der Waals surface area contributed by atoms with Gasteiger partial charge in [0, 0.05) is 26.3 Å². The number of amides is 1. The molecule has 0 radical (unpaired) electrons. The van der Waals surface area contributed by atoms with Gasteiger partial charge in [0.1, 0.15) is 0 Å². The molecule has 0 aliphatic heterocycles. The Morgan fingerprint density at radius 3 is 2.80 bits per heavy atom. The summed E-state index contributed by atoms with van der Waals surface area (Å²) < 4.78 is 3.63. The highest BCUT2D eigenvalue weighted by atomic mass is 127. The van der Waals surface area contributed by atoms with Crippen molar-refractivity contribution < 1.29 is 4.79 Å². The first-order valence-electron chi connectivity index (χ1n) is 6.14. The minimum absolute atomic E-state index is 0.0824. The number of carbonyl (C=O) groups excluding carboxylic acids is 1. The Kier molecular flexibility index (Phi) is 4.85. The van der Waals surface area contributed by atoms with E-state index in [0.29, 0.717) is 5.56 Å². The normalized spacial score (nSPS) is 12.2. The minimum atomic E-state index is -0.0915. The molecule has 0 aliphatic rings. The summed E-state index contributed by atoms with van der Waals surface area (Å²) in [5, 5.41) is 7.21. The molecule has 2 rings (SSSR count). The average Bonchev–Trinajstić information content (AvgIpc) is 2.73. The molecule has 0 fully saturated rings. The topological polar surface area (TPSA) is 46.9 Å². The Hall–Kier alpha value is -0.890. The number of hydrogen-bond acceptors (Lipinski definition) is 2. The van der Waals surface area contributed by atoms with E-state index in [4.69, 9.17) is 0 Å². The molecule has 2 aromatic rings. The van der Waals surface area contributed by atoms with Gasteiger partial charge in [0.05, 0.1) is 17.8 Å². The maximum Gasteiger partial charge on any atom is 0.252 e. The fraction of sp³-hybridized carbons (Fsp3) is 0.286. The van der Waals surface area contributed by atoms with Gasteiger partial charge in [-0.15, -0.1) is 0 Å². The molecular formula is C14H15BrIN3O. The maximum absolute atomic E-state index is 12.3. The molecule has 1 aromatic heterocycles. The van der Waals surface area contributed by atoms with Crippen LogP contribution in [0, 0.1) is 10.5 Å². The van der Waals surface area contributed by atoms with Gasteiger partial charge in [-0.2, -0.15) is 5.10 Å². The predicted octanol–water partition coefficient (Wildman–Crippen LogP) is 3.59. The van der Waals surface area contributed by atoms with Crippen LogP contribution in [0.5, 0.6) is 0 Å². The number of hydrogen-bond donors (Lipinski definition) is 1. The Morgan fingerprint density at radius 1 is 1.50 bits per heavy atom. The van der Waals surface area contributed by atoms with Gasteiger partial charge in [-0.05, 0) is 70.6 Å². The van der Waals surface area contributed by atoms with Gasteiger partial charge < -0.3 is 5.32 Å². The van der Waals surface area contributed by atoms with E-state index < -0.39 is 0 Å². The van der Waals surface area contributed by atoms with Crippen LogP contribution in [-0.4, -0.2) is 15.7 Å². The van der Waals surface area contributed by atoms with Crippen LogP contribution in [-0.2, 0) is 7.05 Å². The average molecular weight is 448 g/mol. The summed E-state index contributed by atoms with van der Waals surface area (Å²) >= 11 is 5.61. The highest BCUT2D eigenvalue weighted by Gasteiger charge is 2.17. The van der Waals surface area contributed by atoms with E-state index >= 15 is 0 Å². The van der Waals surface area contributed by atoms with Crippen molar-refractivity contribution in [2.45, 2.75) is 19.9 Å². The first-order chi connectivity index (χ1) is 9.40. The number of nitrogens with zero attached hydrogens (tertiary/aromatic N) is 2. The Morgan fingerprint density at radius 2 is 2.20 bits per heavy atom. The fourth-order valence-corrected chi connectivity index (χ4v) is 2.88. The molecule has 1 N–H and O–H groups in total. The number of aryl methyl sites for hydroxylation is 1. The number of carbonyl (C=O) groups is 1. The molecule has 1 unspecified atom stereocenters. The molecule has 1 amide bonds. The van der Waals surface area contributed by atoms with E-state index in [2.05, 4.69) is 48.9 Å². The lowest BCUT2D eigenvalue weighted by Gasteiger charge is -2.14. The largest absolute Gasteiger partial charge is 0.345 e. The van der Waals surface area contributed by atoms with Gasteiger partial charge >= 0.3 is 0 Å². The van der Waals surface area contributed by atoms with E-state index in [1.165, 1.54) is 0 Å². The summed E-state index contributed by atoms with van der Waals surface area (Å²) in [7, 11) is 1.89. The van der Waals surface area contributed by atoms with Gasteiger partial charge in [0.15, 0.2) is 0 Å². The summed E-state index contributed by atoms with van der Waals surface area (Å²) in [5.41, 5.74) is 2.73. The molecule has 1 aromatic carbocycles. The third-order valence-corrected chi connectivity index (χ3v) is 4.62. The number of rotatable bonds is 3. The van der Waals surface area contributed by atoms with Crippen molar-refractivity contribution in [2.24, 2.45) is 7.05 Å². The second-order valence-electron chi connectivity index (χ2n) is 4.63. The summed E-state index contributed by atoms with van der Waals surface area (Å²) in [5.74, 6) is -0.0915. The molecule has 0 bridgehead atoms. The Balaban J connectivity index is 2.19. The van der Waals surface area contributed by atoms with Gasteiger partial charge in [-0.3, -0.25) is 9.48 Å². The van der Waals surface area contributed by atoms with Crippen LogP contribution in [0.1, 0.15) is 34.6 Å². The lowest BCUT2D eigenvalue weighted by Crippen LogP contribution is -2.27.